The number of benzene rings is 2. The van der Waals surface area contributed by atoms with E-state index in [0.717, 1.165) is 17.7 Å². The van der Waals surface area contributed by atoms with Crippen LogP contribution in [0, 0.1) is 56.7 Å². The second-order valence-electron chi connectivity index (χ2n) is 8.25. The molecule has 1 N–H and O–H groups in total. The molecule has 0 radical (unpaired) electrons. The molecule has 158 valence electrons. The number of hydrogen-bond acceptors (Lipinski definition) is 6. The first-order valence-corrected chi connectivity index (χ1v) is 10.5. The van der Waals surface area contributed by atoms with Crippen LogP contribution in [0.15, 0.2) is 66.2 Å². The highest BCUT2D eigenvalue weighted by Crippen LogP contribution is 2.53. The summed E-state index contributed by atoms with van der Waals surface area (Å²) in [6, 6.07) is 24.0. The minimum absolute atomic E-state index is 0.121. The maximum absolute atomic E-state index is 10.2. The van der Waals surface area contributed by atoms with E-state index < -0.39 is 17.3 Å². The van der Waals surface area contributed by atoms with Gasteiger partial charge in [-0.2, -0.15) is 15.8 Å². The van der Waals surface area contributed by atoms with Crippen molar-refractivity contribution in [2.45, 2.75) is 12.5 Å². The normalized spacial score (nSPS) is 24.2. The Kier molecular flexibility index (Phi) is 5.78. The lowest BCUT2D eigenvalue weighted by Crippen LogP contribution is -2.52. The van der Waals surface area contributed by atoms with Crippen molar-refractivity contribution in [3.63, 3.8) is 0 Å². The number of nitrogens with zero attached hydrogens (tertiary/aromatic N) is 4. The van der Waals surface area contributed by atoms with E-state index >= 15 is 0 Å². The van der Waals surface area contributed by atoms with Crippen molar-refractivity contribution in [3.05, 3.63) is 77.4 Å². The summed E-state index contributed by atoms with van der Waals surface area (Å²) < 4.78 is 5.27. The van der Waals surface area contributed by atoms with Gasteiger partial charge in [0.1, 0.15) is 11.7 Å². The Bertz CT molecular complexity index is 1150. The molecule has 2 aliphatic rings. The Morgan fingerprint density at radius 2 is 1.75 bits per heavy atom. The number of rotatable bonds is 4. The molecular formula is C26H23N5O. The minimum atomic E-state index is -1.70. The first-order valence-electron chi connectivity index (χ1n) is 10.5. The molecule has 4 rings (SSSR count). The summed E-state index contributed by atoms with van der Waals surface area (Å²) in [7, 11) is 1.58. The third-order valence-corrected chi connectivity index (χ3v) is 6.59. The smallest absolute Gasteiger partial charge is 0.189 e. The Morgan fingerprint density at radius 1 is 1.06 bits per heavy atom. The number of fused-ring (bicyclic) bond motifs is 1. The van der Waals surface area contributed by atoms with Crippen LogP contribution in [0.5, 0.6) is 5.75 Å². The van der Waals surface area contributed by atoms with Crippen LogP contribution < -0.4 is 4.74 Å². The average Bonchev–Trinajstić information content (AvgIpc) is 2.84. The van der Waals surface area contributed by atoms with Crippen molar-refractivity contribution in [2.24, 2.45) is 17.3 Å². The zero-order chi connectivity index (χ0) is 22.7. The van der Waals surface area contributed by atoms with Gasteiger partial charge in [-0.1, -0.05) is 48.5 Å². The molecule has 2 aromatic rings. The second-order valence-corrected chi connectivity index (χ2v) is 8.25. The fourth-order valence-electron chi connectivity index (χ4n) is 5.03. The molecule has 1 aliphatic carbocycles. The van der Waals surface area contributed by atoms with Gasteiger partial charge in [0, 0.05) is 31.5 Å². The number of hydrogen-bond donors (Lipinski definition) is 1. The predicted molar refractivity (Wildman–Crippen MR) is 120 cm³/mol. The van der Waals surface area contributed by atoms with Gasteiger partial charge in [-0.15, -0.1) is 0 Å². The molecule has 32 heavy (non-hydrogen) atoms. The van der Waals surface area contributed by atoms with Crippen LogP contribution in [0.4, 0.5) is 0 Å². The molecular weight excluding hydrogens is 398 g/mol. The maximum atomic E-state index is 10.2. The lowest BCUT2D eigenvalue weighted by atomic mass is 9.54. The Balaban J connectivity index is 1.80. The summed E-state index contributed by atoms with van der Waals surface area (Å²) in [4.78, 5) is 2.27. The number of nitriles is 3. The molecule has 0 aromatic heterocycles. The molecule has 3 atom stereocenters. The van der Waals surface area contributed by atoms with Crippen molar-refractivity contribution in [2.75, 3.05) is 20.2 Å². The van der Waals surface area contributed by atoms with Crippen LogP contribution in [0.25, 0.3) is 0 Å². The Labute approximate surface area is 188 Å². The molecule has 0 saturated heterocycles. The van der Waals surface area contributed by atoms with Crippen molar-refractivity contribution in [1.29, 1.82) is 21.2 Å². The van der Waals surface area contributed by atoms with Gasteiger partial charge in [0.15, 0.2) is 5.41 Å². The quantitative estimate of drug-likeness (QED) is 0.750. The molecule has 6 nitrogen and oxygen atoms in total. The highest BCUT2D eigenvalue weighted by Gasteiger charge is 2.57. The highest BCUT2D eigenvalue weighted by atomic mass is 16.5. The van der Waals surface area contributed by atoms with Gasteiger partial charge in [-0.25, -0.2) is 0 Å². The maximum Gasteiger partial charge on any atom is 0.189 e. The van der Waals surface area contributed by atoms with E-state index in [-0.39, 0.29) is 11.6 Å². The lowest BCUT2D eigenvalue weighted by molar-refractivity contribution is 0.198. The van der Waals surface area contributed by atoms with E-state index in [2.05, 4.69) is 35.2 Å². The van der Waals surface area contributed by atoms with Crippen molar-refractivity contribution in [3.8, 4) is 24.0 Å². The lowest BCUT2D eigenvalue weighted by Gasteiger charge is -2.47. The SMILES string of the molecule is COc1ccc([C@H]2[C@@H]3CN(Cc4ccccc4)CC=C3C(C#N)C(=N)C2(C#N)C#N)cc1. The average molecular weight is 422 g/mol. The largest absolute Gasteiger partial charge is 0.497 e. The van der Waals surface area contributed by atoms with Gasteiger partial charge in [0.25, 0.3) is 0 Å². The van der Waals surface area contributed by atoms with Crippen molar-refractivity contribution >= 4 is 5.71 Å². The van der Waals surface area contributed by atoms with E-state index in [1.807, 2.05) is 48.5 Å². The van der Waals surface area contributed by atoms with E-state index in [9.17, 15) is 15.8 Å². The first kappa shape index (κ1) is 21.3. The Hall–Kier alpha value is -3.92. The monoisotopic (exact) mass is 421 g/mol. The summed E-state index contributed by atoms with van der Waals surface area (Å²) in [5, 5.41) is 38.9. The van der Waals surface area contributed by atoms with Gasteiger partial charge in [-0.3, -0.25) is 4.90 Å². The third kappa shape index (κ3) is 3.44. The van der Waals surface area contributed by atoms with Crippen molar-refractivity contribution in [1.82, 2.24) is 4.90 Å². The molecule has 6 heteroatoms. The van der Waals surface area contributed by atoms with Crippen LogP contribution in [0.1, 0.15) is 17.0 Å². The first-order chi connectivity index (χ1) is 15.6. The zero-order valence-electron chi connectivity index (χ0n) is 17.8. The molecule has 0 amide bonds. The fourth-order valence-corrected chi connectivity index (χ4v) is 5.03. The van der Waals surface area contributed by atoms with Gasteiger partial charge >= 0.3 is 0 Å². The molecule has 1 heterocycles. The molecule has 1 saturated carbocycles. The highest BCUT2D eigenvalue weighted by molar-refractivity contribution is 6.00. The van der Waals surface area contributed by atoms with Crippen molar-refractivity contribution < 1.29 is 4.74 Å². The third-order valence-electron chi connectivity index (χ3n) is 6.59. The zero-order valence-corrected chi connectivity index (χ0v) is 17.8. The number of nitrogens with one attached hydrogen (secondary N) is 1. The van der Waals surface area contributed by atoms with Gasteiger partial charge < -0.3 is 10.1 Å². The summed E-state index contributed by atoms with van der Waals surface area (Å²) in [5.74, 6) is -0.948. The summed E-state index contributed by atoms with van der Waals surface area (Å²) in [5.41, 5.74) is 1.01. The Morgan fingerprint density at radius 3 is 2.34 bits per heavy atom. The van der Waals surface area contributed by atoms with E-state index in [1.165, 1.54) is 5.56 Å². The molecule has 0 bridgehead atoms. The van der Waals surface area contributed by atoms with Gasteiger partial charge in [0.05, 0.1) is 31.0 Å². The number of ether oxygens (including phenoxy) is 1. The topological polar surface area (TPSA) is 108 Å². The molecule has 0 spiro atoms. The fraction of sp³-hybridized carbons (Fsp3) is 0.308. The molecule has 1 fully saturated rings. The van der Waals surface area contributed by atoms with Crippen LogP contribution in [-0.2, 0) is 6.54 Å². The van der Waals surface area contributed by atoms with Crippen LogP contribution in [0.2, 0.25) is 0 Å². The summed E-state index contributed by atoms with van der Waals surface area (Å²) in [6.07, 6.45) is 2.02. The minimum Gasteiger partial charge on any atom is -0.497 e. The molecule has 1 unspecified atom stereocenters. The van der Waals surface area contributed by atoms with Crippen LogP contribution in [-0.4, -0.2) is 30.8 Å². The number of methoxy groups -OCH3 is 1. The van der Waals surface area contributed by atoms with Gasteiger partial charge in [-0.05, 0) is 28.8 Å². The van der Waals surface area contributed by atoms with Crippen LogP contribution >= 0.6 is 0 Å². The van der Waals surface area contributed by atoms with E-state index in [4.69, 9.17) is 10.1 Å². The second kappa shape index (κ2) is 8.67. The standard InChI is InChI=1S/C26H23N5O/c1-32-20-9-7-19(8-10-20)24-23-15-31(14-18-5-3-2-4-6-18)12-11-21(23)22(13-27)25(30)26(24,16-28)17-29/h2-11,22-24,30H,12,14-15H2,1H3/t22?,23-,24+/m1/s1. The van der Waals surface area contributed by atoms with E-state index in [1.54, 1.807) is 7.11 Å². The summed E-state index contributed by atoms with van der Waals surface area (Å²) >= 11 is 0. The predicted octanol–water partition coefficient (Wildman–Crippen LogP) is 4.04. The van der Waals surface area contributed by atoms with E-state index in [0.29, 0.717) is 18.8 Å². The van der Waals surface area contributed by atoms with Gasteiger partial charge in [0.2, 0.25) is 0 Å². The van der Waals surface area contributed by atoms with Crippen LogP contribution in [0.3, 0.4) is 0 Å². The molecule has 1 aliphatic heterocycles. The molecule has 2 aromatic carbocycles. The summed E-state index contributed by atoms with van der Waals surface area (Å²) in [6.45, 7) is 2.00.